The Morgan fingerprint density at radius 3 is 2.15 bits per heavy atom. The molecule has 2 rings (SSSR count). The summed E-state index contributed by atoms with van der Waals surface area (Å²) in [4.78, 5) is 0. The molecule has 20 heavy (non-hydrogen) atoms. The van der Waals surface area contributed by atoms with Crippen molar-refractivity contribution in [2.75, 3.05) is 0 Å². The number of phenols is 1. The van der Waals surface area contributed by atoms with E-state index in [4.69, 9.17) is 0 Å². The molecule has 2 nitrogen and oxygen atoms in total. The van der Waals surface area contributed by atoms with E-state index in [0.29, 0.717) is 5.56 Å². The van der Waals surface area contributed by atoms with Gasteiger partial charge in [-0.3, -0.25) is 0 Å². The molecule has 4 heteroatoms. The molecule has 2 atom stereocenters. The van der Waals surface area contributed by atoms with Crippen LogP contribution in [-0.2, 0) is 0 Å². The van der Waals surface area contributed by atoms with E-state index in [-0.39, 0.29) is 29.5 Å². The first-order valence-electron chi connectivity index (χ1n) is 6.47. The van der Waals surface area contributed by atoms with Crippen molar-refractivity contribution < 1.29 is 13.9 Å². The SMILES string of the molecule is CC(N[C@H](C)c1ccc(F)cc1)c1cc(F)ccc1O. The summed E-state index contributed by atoms with van der Waals surface area (Å²) in [5, 5.41) is 13.0. The second-order valence-corrected chi connectivity index (χ2v) is 4.86. The second kappa shape index (κ2) is 6.01. The van der Waals surface area contributed by atoms with Gasteiger partial charge in [0.2, 0.25) is 0 Å². The third-order valence-corrected chi connectivity index (χ3v) is 3.33. The van der Waals surface area contributed by atoms with Crippen LogP contribution in [0.25, 0.3) is 0 Å². The Morgan fingerprint density at radius 2 is 1.50 bits per heavy atom. The van der Waals surface area contributed by atoms with Gasteiger partial charge < -0.3 is 10.4 Å². The maximum atomic E-state index is 13.2. The molecule has 2 aromatic carbocycles. The fourth-order valence-corrected chi connectivity index (χ4v) is 2.18. The molecule has 0 spiro atoms. The summed E-state index contributed by atoms with van der Waals surface area (Å²) in [6, 6.07) is 9.79. The highest BCUT2D eigenvalue weighted by atomic mass is 19.1. The molecule has 0 aromatic heterocycles. The lowest BCUT2D eigenvalue weighted by Crippen LogP contribution is -2.22. The van der Waals surface area contributed by atoms with Crippen LogP contribution in [-0.4, -0.2) is 5.11 Å². The van der Waals surface area contributed by atoms with E-state index in [0.717, 1.165) is 5.56 Å². The Hall–Kier alpha value is -1.94. The number of rotatable bonds is 4. The molecule has 0 aliphatic heterocycles. The summed E-state index contributed by atoms with van der Waals surface area (Å²) in [6.07, 6.45) is 0. The van der Waals surface area contributed by atoms with Crippen molar-refractivity contribution in [1.29, 1.82) is 0 Å². The topological polar surface area (TPSA) is 32.3 Å². The minimum atomic E-state index is -0.388. The normalized spacial score (nSPS) is 14.0. The van der Waals surface area contributed by atoms with Crippen LogP contribution in [0.3, 0.4) is 0 Å². The Balaban J connectivity index is 2.12. The molecule has 0 bridgehead atoms. The van der Waals surface area contributed by atoms with Gasteiger partial charge in [-0.25, -0.2) is 8.78 Å². The van der Waals surface area contributed by atoms with Gasteiger partial charge in [0.15, 0.2) is 0 Å². The molecular weight excluding hydrogens is 260 g/mol. The van der Waals surface area contributed by atoms with Crippen LogP contribution in [0.2, 0.25) is 0 Å². The van der Waals surface area contributed by atoms with Gasteiger partial charge in [0.05, 0.1) is 0 Å². The standard InChI is InChI=1S/C16H17F2NO/c1-10(12-3-5-13(17)6-4-12)19-11(2)15-9-14(18)7-8-16(15)20/h3-11,19-20H,1-2H3/t10-,11?/m1/s1. The fraction of sp³-hybridized carbons (Fsp3) is 0.250. The predicted octanol–water partition coefficient (Wildman–Crippen LogP) is 4.08. The third-order valence-electron chi connectivity index (χ3n) is 3.33. The zero-order valence-corrected chi connectivity index (χ0v) is 11.4. The summed E-state index contributed by atoms with van der Waals surface area (Å²) in [6.45, 7) is 3.77. The van der Waals surface area contributed by atoms with E-state index < -0.39 is 0 Å². The largest absolute Gasteiger partial charge is 0.508 e. The van der Waals surface area contributed by atoms with E-state index in [1.54, 1.807) is 12.1 Å². The van der Waals surface area contributed by atoms with Crippen molar-refractivity contribution >= 4 is 0 Å². The molecule has 2 N–H and O–H groups in total. The molecule has 0 aliphatic rings. The van der Waals surface area contributed by atoms with E-state index >= 15 is 0 Å². The maximum absolute atomic E-state index is 13.2. The monoisotopic (exact) mass is 277 g/mol. The number of phenolic OH excluding ortho intramolecular Hbond substituents is 1. The van der Waals surface area contributed by atoms with Crippen molar-refractivity contribution in [1.82, 2.24) is 5.32 Å². The van der Waals surface area contributed by atoms with E-state index in [9.17, 15) is 13.9 Å². The molecule has 0 fully saturated rings. The Bertz CT molecular complexity index is 584. The van der Waals surface area contributed by atoms with Crippen LogP contribution in [0.15, 0.2) is 42.5 Å². The quantitative estimate of drug-likeness (QED) is 0.882. The third kappa shape index (κ3) is 3.33. The van der Waals surface area contributed by atoms with Crippen molar-refractivity contribution in [3.63, 3.8) is 0 Å². The highest BCUT2D eigenvalue weighted by Gasteiger charge is 2.15. The fourth-order valence-electron chi connectivity index (χ4n) is 2.18. The number of halogens is 2. The smallest absolute Gasteiger partial charge is 0.123 e. The first-order chi connectivity index (χ1) is 9.47. The number of aromatic hydroxyl groups is 1. The van der Waals surface area contributed by atoms with Gasteiger partial charge in [-0.05, 0) is 49.7 Å². The van der Waals surface area contributed by atoms with Crippen molar-refractivity contribution in [2.45, 2.75) is 25.9 Å². The molecule has 2 aromatic rings. The molecule has 0 radical (unpaired) electrons. The van der Waals surface area contributed by atoms with E-state index in [2.05, 4.69) is 5.32 Å². The summed E-state index contributed by atoms with van der Waals surface area (Å²) < 4.78 is 26.1. The number of hydrogen-bond acceptors (Lipinski definition) is 2. The lowest BCUT2D eigenvalue weighted by Gasteiger charge is -2.21. The lowest BCUT2D eigenvalue weighted by atomic mass is 10.0. The second-order valence-electron chi connectivity index (χ2n) is 4.86. The average Bonchev–Trinajstić information content (AvgIpc) is 2.42. The number of nitrogens with one attached hydrogen (secondary N) is 1. The number of benzene rings is 2. The molecule has 0 heterocycles. The van der Waals surface area contributed by atoms with Crippen LogP contribution in [0.1, 0.15) is 37.1 Å². The predicted molar refractivity (Wildman–Crippen MR) is 74.4 cm³/mol. The van der Waals surface area contributed by atoms with Gasteiger partial charge in [0, 0.05) is 17.6 Å². The molecule has 0 saturated heterocycles. The Labute approximate surface area is 117 Å². The van der Waals surface area contributed by atoms with Crippen LogP contribution >= 0.6 is 0 Å². The molecule has 1 unspecified atom stereocenters. The van der Waals surface area contributed by atoms with Crippen molar-refractivity contribution in [2.24, 2.45) is 0 Å². The molecular formula is C16H17F2NO. The van der Waals surface area contributed by atoms with Gasteiger partial charge in [0.1, 0.15) is 17.4 Å². The molecule has 106 valence electrons. The van der Waals surface area contributed by atoms with Crippen LogP contribution in [0, 0.1) is 11.6 Å². The molecule has 0 amide bonds. The van der Waals surface area contributed by atoms with Crippen molar-refractivity contribution in [3.05, 3.63) is 65.2 Å². The van der Waals surface area contributed by atoms with Gasteiger partial charge in [-0.15, -0.1) is 0 Å². The summed E-state index contributed by atoms with van der Waals surface area (Å²) >= 11 is 0. The summed E-state index contributed by atoms with van der Waals surface area (Å²) in [5.74, 6) is -0.615. The first kappa shape index (κ1) is 14.5. The zero-order chi connectivity index (χ0) is 14.7. The lowest BCUT2D eigenvalue weighted by molar-refractivity contribution is 0.435. The summed E-state index contributed by atoms with van der Waals surface area (Å²) in [7, 11) is 0. The molecule has 0 aliphatic carbocycles. The minimum absolute atomic E-state index is 0.0479. The van der Waals surface area contributed by atoms with Crippen LogP contribution < -0.4 is 5.32 Å². The Morgan fingerprint density at radius 1 is 0.900 bits per heavy atom. The van der Waals surface area contributed by atoms with Gasteiger partial charge in [0.25, 0.3) is 0 Å². The van der Waals surface area contributed by atoms with E-state index in [1.807, 2.05) is 13.8 Å². The van der Waals surface area contributed by atoms with Crippen molar-refractivity contribution in [3.8, 4) is 5.75 Å². The Kier molecular flexibility index (Phi) is 4.35. The van der Waals surface area contributed by atoms with Crippen LogP contribution in [0.5, 0.6) is 5.75 Å². The zero-order valence-electron chi connectivity index (χ0n) is 11.4. The minimum Gasteiger partial charge on any atom is -0.508 e. The summed E-state index contributed by atoms with van der Waals surface area (Å²) in [5.41, 5.74) is 1.42. The average molecular weight is 277 g/mol. The maximum Gasteiger partial charge on any atom is 0.123 e. The molecule has 0 saturated carbocycles. The highest BCUT2D eigenvalue weighted by molar-refractivity contribution is 5.35. The van der Waals surface area contributed by atoms with E-state index in [1.165, 1.54) is 30.3 Å². The van der Waals surface area contributed by atoms with Gasteiger partial charge in [-0.1, -0.05) is 12.1 Å². The number of hydrogen-bond donors (Lipinski definition) is 2. The van der Waals surface area contributed by atoms with Gasteiger partial charge >= 0.3 is 0 Å². The first-order valence-corrected chi connectivity index (χ1v) is 6.47. The highest BCUT2D eigenvalue weighted by Crippen LogP contribution is 2.27. The van der Waals surface area contributed by atoms with Gasteiger partial charge in [-0.2, -0.15) is 0 Å². The van der Waals surface area contributed by atoms with Crippen LogP contribution in [0.4, 0.5) is 8.78 Å².